The smallest absolute Gasteiger partial charge is 0.262 e. The summed E-state index contributed by atoms with van der Waals surface area (Å²) < 4.78 is 27.1. The molecule has 0 saturated heterocycles. The Morgan fingerprint density at radius 2 is 1.63 bits per heavy atom. The van der Waals surface area contributed by atoms with Gasteiger partial charge in [-0.15, -0.1) is 11.3 Å². The van der Waals surface area contributed by atoms with E-state index in [4.69, 9.17) is 0 Å². The van der Waals surface area contributed by atoms with Gasteiger partial charge in [0.1, 0.15) is 4.90 Å². The van der Waals surface area contributed by atoms with Crippen molar-refractivity contribution in [2.24, 2.45) is 0 Å². The summed E-state index contributed by atoms with van der Waals surface area (Å²) in [5.74, 6) is 0. The normalized spacial score (nSPS) is 11.3. The van der Waals surface area contributed by atoms with E-state index >= 15 is 0 Å². The van der Waals surface area contributed by atoms with E-state index in [2.05, 4.69) is 10.0 Å². The van der Waals surface area contributed by atoms with Crippen LogP contribution in [0.25, 0.3) is 0 Å². The minimum atomic E-state index is -3.50. The van der Waals surface area contributed by atoms with E-state index in [0.29, 0.717) is 10.6 Å². The van der Waals surface area contributed by atoms with Gasteiger partial charge in [-0.3, -0.25) is 4.72 Å². The summed E-state index contributed by atoms with van der Waals surface area (Å²) in [6.07, 6.45) is 0. The van der Waals surface area contributed by atoms with Gasteiger partial charge in [-0.25, -0.2) is 8.42 Å². The zero-order valence-corrected chi connectivity index (χ0v) is 12.7. The summed E-state index contributed by atoms with van der Waals surface area (Å²) in [6.45, 7) is 3.72. The van der Waals surface area contributed by atoms with E-state index in [1.54, 1.807) is 18.2 Å². The third-order valence-corrected chi connectivity index (χ3v) is 5.31. The molecule has 19 heavy (non-hydrogen) atoms. The van der Waals surface area contributed by atoms with Crippen molar-refractivity contribution in [3.63, 3.8) is 0 Å². The number of benzene rings is 1. The van der Waals surface area contributed by atoms with Gasteiger partial charge in [0, 0.05) is 28.2 Å². The Balaban J connectivity index is 2.28. The molecule has 1 aromatic heterocycles. The highest BCUT2D eigenvalue weighted by molar-refractivity contribution is 7.93. The first kappa shape index (κ1) is 13.9. The molecule has 2 rings (SSSR count). The molecule has 0 bridgehead atoms. The molecular weight excluding hydrogens is 280 g/mol. The second-order valence-corrected chi connectivity index (χ2v) is 7.32. The quantitative estimate of drug-likeness (QED) is 0.911. The maximum Gasteiger partial charge on any atom is 0.262 e. The maximum atomic E-state index is 12.3. The number of thiophene rings is 1. The first-order valence-corrected chi connectivity index (χ1v) is 8.10. The molecule has 0 radical (unpaired) electrons. The van der Waals surface area contributed by atoms with Gasteiger partial charge in [0.2, 0.25) is 0 Å². The number of aryl methyl sites for hydroxylation is 2. The van der Waals surface area contributed by atoms with Crippen LogP contribution in [0.15, 0.2) is 35.2 Å². The molecule has 102 valence electrons. The van der Waals surface area contributed by atoms with Crippen molar-refractivity contribution in [3.8, 4) is 0 Å². The van der Waals surface area contributed by atoms with Crippen LogP contribution in [0, 0.1) is 13.8 Å². The molecule has 0 aliphatic heterocycles. The van der Waals surface area contributed by atoms with Gasteiger partial charge in [-0.1, -0.05) is 0 Å². The zero-order chi connectivity index (χ0) is 14.0. The molecule has 2 aromatic rings. The van der Waals surface area contributed by atoms with Crippen molar-refractivity contribution in [3.05, 3.63) is 40.1 Å². The van der Waals surface area contributed by atoms with Gasteiger partial charge in [0.05, 0.1) is 0 Å². The predicted octanol–water partition coefficient (Wildman–Crippen LogP) is 3.21. The van der Waals surface area contributed by atoms with Gasteiger partial charge in [-0.05, 0) is 44.2 Å². The minimum Gasteiger partial charge on any atom is -0.388 e. The van der Waals surface area contributed by atoms with Gasteiger partial charge in [0.15, 0.2) is 0 Å². The maximum absolute atomic E-state index is 12.3. The molecule has 1 heterocycles. The molecule has 4 nitrogen and oxygen atoms in total. The van der Waals surface area contributed by atoms with Crippen molar-refractivity contribution in [2.45, 2.75) is 18.7 Å². The Morgan fingerprint density at radius 1 is 1.05 bits per heavy atom. The molecule has 0 fully saturated rings. The van der Waals surface area contributed by atoms with E-state index in [-0.39, 0.29) is 0 Å². The SMILES string of the molecule is CNc1ccc(NS(=O)(=O)c2cc(C)sc2C)cc1. The average molecular weight is 296 g/mol. The molecule has 0 unspecified atom stereocenters. The van der Waals surface area contributed by atoms with Crippen molar-refractivity contribution in [2.75, 3.05) is 17.1 Å². The van der Waals surface area contributed by atoms with Gasteiger partial charge in [0.25, 0.3) is 10.0 Å². The van der Waals surface area contributed by atoms with Crippen molar-refractivity contribution in [1.29, 1.82) is 0 Å². The summed E-state index contributed by atoms with van der Waals surface area (Å²) in [4.78, 5) is 2.15. The van der Waals surface area contributed by atoms with Crippen LogP contribution in [-0.4, -0.2) is 15.5 Å². The fraction of sp³-hybridized carbons (Fsp3) is 0.231. The summed E-state index contributed by atoms with van der Waals surface area (Å²) in [7, 11) is -1.69. The second-order valence-electron chi connectivity index (χ2n) is 4.21. The first-order chi connectivity index (χ1) is 8.92. The minimum absolute atomic E-state index is 0.354. The molecule has 0 atom stereocenters. The standard InChI is InChI=1S/C13H16N2O2S2/c1-9-8-13(10(2)18-9)19(16,17)15-12-6-4-11(14-3)5-7-12/h4-8,14-15H,1-3H3. The van der Waals surface area contributed by atoms with Crippen LogP contribution >= 0.6 is 11.3 Å². The lowest BCUT2D eigenvalue weighted by Crippen LogP contribution is -2.13. The van der Waals surface area contributed by atoms with E-state index < -0.39 is 10.0 Å². The Hall–Kier alpha value is -1.53. The van der Waals surface area contributed by atoms with Gasteiger partial charge >= 0.3 is 0 Å². The van der Waals surface area contributed by atoms with Crippen LogP contribution in [0.2, 0.25) is 0 Å². The topological polar surface area (TPSA) is 58.2 Å². The van der Waals surface area contributed by atoms with E-state index in [1.165, 1.54) is 11.3 Å². The number of anilines is 2. The third-order valence-electron chi connectivity index (χ3n) is 2.71. The van der Waals surface area contributed by atoms with E-state index in [1.807, 2.05) is 33.0 Å². The van der Waals surface area contributed by atoms with Crippen LogP contribution in [0.5, 0.6) is 0 Å². The molecule has 0 saturated carbocycles. The number of nitrogens with one attached hydrogen (secondary N) is 2. The first-order valence-electron chi connectivity index (χ1n) is 5.80. The molecular formula is C13H16N2O2S2. The highest BCUT2D eigenvalue weighted by atomic mass is 32.2. The molecule has 6 heteroatoms. The van der Waals surface area contributed by atoms with Crippen LogP contribution < -0.4 is 10.0 Å². The van der Waals surface area contributed by atoms with Gasteiger partial charge in [-0.2, -0.15) is 0 Å². The van der Waals surface area contributed by atoms with E-state index in [0.717, 1.165) is 15.4 Å². The van der Waals surface area contributed by atoms with Crippen molar-refractivity contribution < 1.29 is 8.42 Å². The number of hydrogen-bond acceptors (Lipinski definition) is 4. The van der Waals surface area contributed by atoms with Crippen molar-refractivity contribution >= 4 is 32.7 Å². The molecule has 0 aliphatic rings. The molecule has 0 spiro atoms. The Bertz CT molecular complexity index is 673. The van der Waals surface area contributed by atoms with Crippen LogP contribution in [0.3, 0.4) is 0 Å². The van der Waals surface area contributed by atoms with E-state index in [9.17, 15) is 8.42 Å². The Labute approximate surface area is 117 Å². The summed E-state index contributed by atoms with van der Waals surface area (Å²) >= 11 is 1.48. The molecule has 1 aromatic carbocycles. The number of sulfonamides is 1. The number of hydrogen-bond donors (Lipinski definition) is 2. The van der Waals surface area contributed by atoms with Crippen molar-refractivity contribution in [1.82, 2.24) is 0 Å². The Morgan fingerprint density at radius 3 is 2.11 bits per heavy atom. The largest absolute Gasteiger partial charge is 0.388 e. The third kappa shape index (κ3) is 3.08. The lowest BCUT2D eigenvalue weighted by atomic mass is 10.3. The molecule has 2 N–H and O–H groups in total. The van der Waals surface area contributed by atoms with Crippen LogP contribution in [0.4, 0.5) is 11.4 Å². The van der Waals surface area contributed by atoms with Crippen LogP contribution in [-0.2, 0) is 10.0 Å². The lowest BCUT2D eigenvalue weighted by Gasteiger charge is -2.08. The predicted molar refractivity (Wildman–Crippen MR) is 80.6 cm³/mol. The highest BCUT2D eigenvalue weighted by Crippen LogP contribution is 2.27. The Kier molecular flexibility index (Phi) is 3.82. The lowest BCUT2D eigenvalue weighted by molar-refractivity contribution is 0.601. The summed E-state index contributed by atoms with van der Waals surface area (Å²) in [5, 5.41) is 2.99. The molecule has 0 aliphatic carbocycles. The number of rotatable bonds is 4. The van der Waals surface area contributed by atoms with Gasteiger partial charge < -0.3 is 5.32 Å². The monoisotopic (exact) mass is 296 g/mol. The van der Waals surface area contributed by atoms with Crippen LogP contribution in [0.1, 0.15) is 9.75 Å². The average Bonchev–Trinajstić information content (AvgIpc) is 2.70. The fourth-order valence-electron chi connectivity index (χ4n) is 1.79. The zero-order valence-electron chi connectivity index (χ0n) is 11.0. The summed E-state index contributed by atoms with van der Waals surface area (Å²) in [6, 6.07) is 8.81. The fourth-order valence-corrected chi connectivity index (χ4v) is 4.40. The second kappa shape index (κ2) is 5.22. The highest BCUT2D eigenvalue weighted by Gasteiger charge is 2.19. The molecule has 0 amide bonds. The summed E-state index contributed by atoms with van der Waals surface area (Å²) in [5.41, 5.74) is 1.49.